The van der Waals surface area contributed by atoms with E-state index in [0.717, 1.165) is 51.3 Å². The second-order valence-corrected chi connectivity index (χ2v) is 7.99. The first-order valence-corrected chi connectivity index (χ1v) is 9.19. The number of carbonyl (C=O) groups is 1. The molecule has 3 N–H and O–H groups in total. The highest BCUT2D eigenvalue weighted by Crippen LogP contribution is 2.39. The van der Waals surface area contributed by atoms with Gasteiger partial charge >= 0.3 is 0 Å². The summed E-state index contributed by atoms with van der Waals surface area (Å²) >= 11 is 0. The summed E-state index contributed by atoms with van der Waals surface area (Å²) < 4.78 is 0. The first kappa shape index (κ1) is 20.7. The minimum absolute atomic E-state index is 0.114. The predicted molar refractivity (Wildman–Crippen MR) is 101 cm³/mol. The zero-order valence-corrected chi connectivity index (χ0v) is 16.5. The van der Waals surface area contributed by atoms with E-state index < -0.39 is 0 Å². The molecule has 1 aliphatic carbocycles. The van der Waals surface area contributed by atoms with Crippen molar-refractivity contribution < 1.29 is 4.79 Å². The summed E-state index contributed by atoms with van der Waals surface area (Å²) in [6, 6.07) is 0. The molecule has 0 aromatic heterocycles. The van der Waals surface area contributed by atoms with Crippen molar-refractivity contribution in [2.24, 2.45) is 10.4 Å². The lowest BCUT2D eigenvalue weighted by Crippen LogP contribution is -2.45. The van der Waals surface area contributed by atoms with Gasteiger partial charge in [0, 0.05) is 39.3 Å². The number of guanidine groups is 1. The van der Waals surface area contributed by atoms with Gasteiger partial charge in [-0.05, 0) is 40.5 Å². The van der Waals surface area contributed by atoms with Crippen LogP contribution in [0.1, 0.15) is 53.4 Å². The molecular formula is C18H37N5O. The molecular weight excluding hydrogens is 302 g/mol. The van der Waals surface area contributed by atoms with Crippen molar-refractivity contribution in [2.45, 2.75) is 58.9 Å². The van der Waals surface area contributed by atoms with Gasteiger partial charge in [-0.3, -0.25) is 9.79 Å². The summed E-state index contributed by atoms with van der Waals surface area (Å²) in [6.45, 7) is 11.6. The van der Waals surface area contributed by atoms with E-state index in [9.17, 15) is 4.79 Å². The highest BCUT2D eigenvalue weighted by molar-refractivity contribution is 5.84. The van der Waals surface area contributed by atoms with E-state index in [0.29, 0.717) is 6.54 Å². The Balaban J connectivity index is 2.64. The smallest absolute Gasteiger partial charge is 0.230 e. The van der Waals surface area contributed by atoms with Crippen LogP contribution in [0.5, 0.6) is 0 Å². The molecule has 140 valence electrons. The lowest BCUT2D eigenvalue weighted by atomic mass is 9.85. The van der Waals surface area contributed by atoms with Crippen molar-refractivity contribution in [2.75, 3.05) is 40.3 Å². The maximum Gasteiger partial charge on any atom is 0.230 e. The van der Waals surface area contributed by atoms with Crippen LogP contribution in [0.2, 0.25) is 0 Å². The third kappa shape index (κ3) is 6.67. The molecule has 0 aliphatic heterocycles. The van der Waals surface area contributed by atoms with Gasteiger partial charge in [0.2, 0.25) is 5.91 Å². The Morgan fingerprint density at radius 3 is 2.25 bits per heavy atom. The first-order chi connectivity index (χ1) is 11.2. The molecule has 1 amide bonds. The Hall–Kier alpha value is -1.30. The average molecular weight is 340 g/mol. The van der Waals surface area contributed by atoms with E-state index in [1.54, 1.807) is 4.90 Å². The molecule has 24 heavy (non-hydrogen) atoms. The lowest BCUT2D eigenvalue weighted by molar-refractivity contribution is -0.138. The second kappa shape index (κ2) is 9.25. The molecule has 0 unspecified atom stereocenters. The molecule has 0 atom stereocenters. The van der Waals surface area contributed by atoms with E-state index >= 15 is 0 Å². The highest BCUT2D eigenvalue weighted by atomic mass is 16.2. The van der Waals surface area contributed by atoms with E-state index in [1.807, 2.05) is 14.1 Å². The number of hydrogen-bond acceptors (Lipinski definition) is 3. The van der Waals surface area contributed by atoms with Gasteiger partial charge in [0.15, 0.2) is 5.96 Å². The quantitative estimate of drug-likeness (QED) is 0.374. The molecule has 0 heterocycles. The molecule has 6 heteroatoms. The predicted octanol–water partition coefficient (Wildman–Crippen LogP) is 1.58. The van der Waals surface area contributed by atoms with Crippen LogP contribution in [0.25, 0.3) is 0 Å². The van der Waals surface area contributed by atoms with Gasteiger partial charge in [-0.1, -0.05) is 12.8 Å². The Morgan fingerprint density at radius 1 is 1.12 bits per heavy atom. The fraction of sp³-hybridized carbons (Fsp3) is 0.889. The van der Waals surface area contributed by atoms with Gasteiger partial charge in [0.25, 0.3) is 0 Å². The third-order valence-electron chi connectivity index (χ3n) is 4.38. The van der Waals surface area contributed by atoms with E-state index in [4.69, 9.17) is 4.99 Å². The van der Waals surface area contributed by atoms with E-state index in [2.05, 4.69) is 43.6 Å². The summed E-state index contributed by atoms with van der Waals surface area (Å²) in [5.74, 6) is 1.01. The lowest BCUT2D eigenvalue weighted by Gasteiger charge is -2.29. The molecule has 1 saturated carbocycles. The van der Waals surface area contributed by atoms with Crippen molar-refractivity contribution in [1.82, 2.24) is 20.9 Å². The van der Waals surface area contributed by atoms with Gasteiger partial charge < -0.3 is 20.9 Å². The normalized spacial score (nSPS) is 17.7. The molecule has 0 bridgehead atoms. The van der Waals surface area contributed by atoms with E-state index in [1.165, 1.54) is 0 Å². The molecule has 0 aromatic carbocycles. The third-order valence-corrected chi connectivity index (χ3v) is 4.38. The monoisotopic (exact) mass is 339 g/mol. The average Bonchev–Trinajstić information content (AvgIpc) is 2.97. The fourth-order valence-corrected chi connectivity index (χ4v) is 3.16. The Bertz CT molecular complexity index is 420. The summed E-state index contributed by atoms with van der Waals surface area (Å²) in [6.07, 6.45) is 4.13. The molecule has 1 aliphatic rings. The maximum absolute atomic E-state index is 12.6. The minimum atomic E-state index is -0.310. The topological polar surface area (TPSA) is 68.8 Å². The van der Waals surface area contributed by atoms with E-state index in [-0.39, 0.29) is 16.9 Å². The van der Waals surface area contributed by atoms with Crippen LogP contribution in [0.15, 0.2) is 4.99 Å². The van der Waals surface area contributed by atoms with Crippen LogP contribution < -0.4 is 16.0 Å². The van der Waals surface area contributed by atoms with Gasteiger partial charge in [0.1, 0.15) is 0 Å². The van der Waals surface area contributed by atoms with Gasteiger partial charge in [-0.2, -0.15) is 0 Å². The first-order valence-electron chi connectivity index (χ1n) is 9.19. The Morgan fingerprint density at radius 2 is 1.75 bits per heavy atom. The Kier molecular flexibility index (Phi) is 8.00. The molecule has 6 nitrogen and oxygen atoms in total. The standard InChI is InChI=1S/C18H37N5O/c1-7-19-16(20-12-13-22-17(2,3)4)21-14-18(10-8-9-11-18)15(24)23(5)6/h22H,7-14H2,1-6H3,(H2,19,20,21). The summed E-state index contributed by atoms with van der Waals surface area (Å²) in [5, 5.41) is 10.1. The van der Waals surface area contributed by atoms with Crippen molar-refractivity contribution in [1.29, 1.82) is 0 Å². The van der Waals surface area contributed by atoms with Crippen LogP contribution >= 0.6 is 0 Å². The number of amides is 1. The van der Waals surface area contributed by atoms with Crippen LogP contribution in [-0.2, 0) is 4.79 Å². The summed E-state index contributed by atoms with van der Waals surface area (Å²) in [5.41, 5.74) is -0.196. The van der Waals surface area contributed by atoms with Gasteiger partial charge in [-0.15, -0.1) is 0 Å². The van der Waals surface area contributed by atoms with Crippen LogP contribution in [-0.4, -0.2) is 62.6 Å². The Labute approximate surface area is 147 Å². The van der Waals surface area contributed by atoms with Crippen molar-refractivity contribution in [3.63, 3.8) is 0 Å². The number of aliphatic imine (C=N–C) groups is 1. The van der Waals surface area contributed by atoms with Gasteiger partial charge in [0.05, 0.1) is 12.0 Å². The molecule has 0 aromatic rings. The molecule has 1 rings (SSSR count). The second-order valence-electron chi connectivity index (χ2n) is 7.99. The van der Waals surface area contributed by atoms with Crippen LogP contribution in [0, 0.1) is 5.41 Å². The molecule has 0 spiro atoms. The van der Waals surface area contributed by atoms with Crippen molar-refractivity contribution in [3.8, 4) is 0 Å². The highest BCUT2D eigenvalue weighted by Gasteiger charge is 2.41. The number of rotatable bonds is 7. The largest absolute Gasteiger partial charge is 0.357 e. The van der Waals surface area contributed by atoms with Crippen molar-refractivity contribution >= 4 is 11.9 Å². The summed E-state index contributed by atoms with van der Waals surface area (Å²) in [7, 11) is 3.68. The zero-order valence-electron chi connectivity index (χ0n) is 16.5. The number of nitrogens with one attached hydrogen (secondary N) is 3. The molecule has 0 radical (unpaired) electrons. The number of carbonyl (C=O) groups excluding carboxylic acids is 1. The zero-order chi connectivity index (χ0) is 18.2. The number of hydrogen-bond donors (Lipinski definition) is 3. The fourth-order valence-electron chi connectivity index (χ4n) is 3.16. The van der Waals surface area contributed by atoms with Crippen LogP contribution in [0.4, 0.5) is 0 Å². The molecule has 1 fully saturated rings. The molecule has 0 saturated heterocycles. The summed E-state index contributed by atoms with van der Waals surface area (Å²) in [4.78, 5) is 19.1. The minimum Gasteiger partial charge on any atom is -0.357 e. The maximum atomic E-state index is 12.6. The van der Waals surface area contributed by atoms with Crippen LogP contribution in [0.3, 0.4) is 0 Å². The SMILES string of the molecule is CCNC(=NCC1(C(=O)N(C)C)CCCC1)NCCNC(C)(C)C. The van der Waals surface area contributed by atoms with Crippen molar-refractivity contribution in [3.05, 3.63) is 0 Å². The number of nitrogens with zero attached hydrogens (tertiary/aromatic N) is 2. The van der Waals surface area contributed by atoms with Gasteiger partial charge in [-0.25, -0.2) is 0 Å².